The summed E-state index contributed by atoms with van der Waals surface area (Å²) in [5, 5.41) is 14.0. The highest BCUT2D eigenvalue weighted by Gasteiger charge is 2.18. The Labute approximate surface area is 163 Å². The first kappa shape index (κ1) is 21.0. The van der Waals surface area contributed by atoms with Gasteiger partial charge in [-0.05, 0) is 36.6 Å². The second-order valence-corrected chi connectivity index (χ2v) is 6.38. The molecule has 148 valence electrons. The molecule has 1 aromatic carbocycles. The van der Waals surface area contributed by atoms with Crippen molar-refractivity contribution in [3.05, 3.63) is 35.4 Å². The first-order chi connectivity index (χ1) is 13.5. The molecule has 0 aromatic heterocycles. The summed E-state index contributed by atoms with van der Waals surface area (Å²) in [7, 11) is 1.53. The van der Waals surface area contributed by atoms with E-state index < -0.39 is 24.5 Å². The van der Waals surface area contributed by atoms with Crippen LogP contribution < -0.4 is 15.4 Å². The minimum Gasteiger partial charge on any atom is -0.497 e. The van der Waals surface area contributed by atoms with Gasteiger partial charge >= 0.3 is 12.0 Å². The first-order valence-corrected chi connectivity index (χ1v) is 9.05. The lowest BCUT2D eigenvalue weighted by atomic mass is 9.96. The van der Waals surface area contributed by atoms with Crippen LogP contribution in [0.2, 0.25) is 0 Å². The van der Waals surface area contributed by atoms with Crippen LogP contribution in [-0.4, -0.2) is 37.7 Å². The van der Waals surface area contributed by atoms with E-state index in [1.807, 2.05) is 0 Å². The maximum atomic E-state index is 12.0. The molecule has 1 aliphatic carbocycles. The average molecular weight is 385 g/mol. The summed E-state index contributed by atoms with van der Waals surface area (Å²) in [4.78, 5) is 35.6. The first-order valence-electron chi connectivity index (χ1n) is 9.05. The number of ether oxygens (including phenoxy) is 2. The van der Waals surface area contributed by atoms with Crippen molar-refractivity contribution in [2.24, 2.45) is 0 Å². The number of nitrogens with zero attached hydrogens (tertiary/aromatic N) is 1. The van der Waals surface area contributed by atoms with Gasteiger partial charge in [-0.1, -0.05) is 31.4 Å². The molecule has 28 heavy (non-hydrogen) atoms. The number of imide groups is 1. The van der Waals surface area contributed by atoms with E-state index >= 15 is 0 Å². The summed E-state index contributed by atoms with van der Waals surface area (Å²) in [6.45, 7) is -0.654. The van der Waals surface area contributed by atoms with Gasteiger partial charge in [0.2, 0.25) is 0 Å². The SMILES string of the molecule is COc1ccc(/C=C(\C#N)C(=O)OCC(=O)NC(=O)NC2CCCCC2)cc1. The van der Waals surface area contributed by atoms with Gasteiger partial charge in [0.05, 0.1) is 7.11 Å². The fourth-order valence-corrected chi connectivity index (χ4v) is 2.84. The van der Waals surface area contributed by atoms with Crippen LogP contribution >= 0.6 is 0 Å². The number of benzene rings is 1. The number of hydrogen-bond donors (Lipinski definition) is 2. The third-order valence-corrected chi connectivity index (χ3v) is 4.29. The third-order valence-electron chi connectivity index (χ3n) is 4.29. The van der Waals surface area contributed by atoms with Crippen molar-refractivity contribution < 1.29 is 23.9 Å². The van der Waals surface area contributed by atoms with Gasteiger partial charge in [0.15, 0.2) is 6.61 Å². The van der Waals surface area contributed by atoms with Crippen LogP contribution in [0.25, 0.3) is 6.08 Å². The maximum absolute atomic E-state index is 12.0. The average Bonchev–Trinajstić information content (AvgIpc) is 2.71. The minimum atomic E-state index is -0.943. The highest BCUT2D eigenvalue weighted by Crippen LogP contribution is 2.17. The summed E-state index contributed by atoms with van der Waals surface area (Å²) in [6.07, 6.45) is 6.37. The monoisotopic (exact) mass is 385 g/mol. The van der Waals surface area contributed by atoms with Gasteiger partial charge in [-0.25, -0.2) is 9.59 Å². The standard InChI is InChI=1S/C20H23N3O5/c1-27-17-9-7-14(8-10-17)11-15(12-21)19(25)28-13-18(24)23-20(26)22-16-5-3-2-4-6-16/h7-11,16H,2-6,13H2,1H3,(H2,22,23,24,26)/b15-11+. The molecule has 8 heteroatoms. The molecule has 0 bridgehead atoms. The number of carbonyl (C=O) groups is 3. The molecular weight excluding hydrogens is 362 g/mol. The summed E-state index contributed by atoms with van der Waals surface area (Å²) < 4.78 is 9.86. The summed E-state index contributed by atoms with van der Waals surface area (Å²) in [6, 6.07) is 7.90. The molecule has 0 heterocycles. The molecule has 0 atom stereocenters. The van der Waals surface area contributed by atoms with Crippen LogP contribution in [0.4, 0.5) is 4.79 Å². The minimum absolute atomic E-state index is 0.0571. The zero-order valence-electron chi connectivity index (χ0n) is 15.7. The Balaban J connectivity index is 1.81. The molecule has 0 spiro atoms. The van der Waals surface area contributed by atoms with Crippen molar-refractivity contribution in [1.82, 2.24) is 10.6 Å². The molecule has 0 saturated heterocycles. The Morgan fingerprint density at radius 3 is 2.46 bits per heavy atom. The lowest BCUT2D eigenvalue weighted by molar-refractivity contribution is -0.144. The number of amides is 3. The molecule has 1 fully saturated rings. The van der Waals surface area contributed by atoms with Crippen LogP contribution in [0, 0.1) is 11.3 Å². The number of hydrogen-bond acceptors (Lipinski definition) is 6. The van der Waals surface area contributed by atoms with E-state index in [4.69, 9.17) is 14.7 Å². The molecule has 3 amide bonds. The Morgan fingerprint density at radius 2 is 1.86 bits per heavy atom. The van der Waals surface area contributed by atoms with E-state index in [-0.39, 0.29) is 11.6 Å². The number of nitrogens with one attached hydrogen (secondary N) is 2. The quantitative estimate of drug-likeness (QED) is 0.441. The van der Waals surface area contributed by atoms with Crippen LogP contribution in [0.3, 0.4) is 0 Å². The molecule has 0 radical (unpaired) electrons. The number of nitriles is 1. The third kappa shape index (κ3) is 6.76. The number of carbonyl (C=O) groups excluding carboxylic acids is 3. The Morgan fingerprint density at radius 1 is 1.18 bits per heavy atom. The largest absolute Gasteiger partial charge is 0.497 e. The smallest absolute Gasteiger partial charge is 0.349 e. The number of esters is 1. The van der Waals surface area contributed by atoms with E-state index in [1.54, 1.807) is 30.3 Å². The van der Waals surface area contributed by atoms with Crippen LogP contribution in [0.1, 0.15) is 37.7 Å². The van der Waals surface area contributed by atoms with E-state index in [9.17, 15) is 14.4 Å². The van der Waals surface area contributed by atoms with E-state index in [2.05, 4.69) is 10.6 Å². The molecular formula is C20H23N3O5. The lowest BCUT2D eigenvalue weighted by Gasteiger charge is -2.22. The van der Waals surface area contributed by atoms with Crippen molar-refractivity contribution in [2.75, 3.05) is 13.7 Å². The van der Waals surface area contributed by atoms with Crippen LogP contribution in [0.5, 0.6) is 5.75 Å². The van der Waals surface area contributed by atoms with Gasteiger partial charge in [0, 0.05) is 6.04 Å². The van der Waals surface area contributed by atoms with Gasteiger partial charge in [0.25, 0.3) is 5.91 Å². The van der Waals surface area contributed by atoms with E-state index in [1.165, 1.54) is 13.2 Å². The van der Waals surface area contributed by atoms with Gasteiger partial charge < -0.3 is 14.8 Å². The molecule has 2 N–H and O–H groups in total. The van der Waals surface area contributed by atoms with Crippen molar-refractivity contribution in [2.45, 2.75) is 38.1 Å². The van der Waals surface area contributed by atoms with E-state index in [0.717, 1.165) is 32.1 Å². The zero-order valence-corrected chi connectivity index (χ0v) is 15.7. The number of urea groups is 1. The van der Waals surface area contributed by atoms with Crippen molar-refractivity contribution >= 4 is 24.0 Å². The predicted octanol–water partition coefficient (Wildman–Crippen LogP) is 2.30. The molecule has 2 rings (SSSR count). The Kier molecular flexibility index (Phi) is 8.03. The molecule has 1 aromatic rings. The van der Waals surface area contributed by atoms with Gasteiger partial charge in [-0.3, -0.25) is 10.1 Å². The molecule has 8 nitrogen and oxygen atoms in total. The second-order valence-electron chi connectivity index (χ2n) is 6.38. The summed E-state index contributed by atoms with van der Waals surface area (Å²) in [5.41, 5.74) is 0.343. The molecule has 1 aliphatic rings. The Hall–Kier alpha value is -3.34. The van der Waals surface area contributed by atoms with Gasteiger partial charge in [-0.15, -0.1) is 0 Å². The number of rotatable bonds is 6. The van der Waals surface area contributed by atoms with Crippen LogP contribution in [0.15, 0.2) is 29.8 Å². The maximum Gasteiger partial charge on any atom is 0.349 e. The number of methoxy groups -OCH3 is 1. The summed E-state index contributed by atoms with van der Waals surface area (Å²) >= 11 is 0. The van der Waals surface area contributed by atoms with Gasteiger partial charge in [-0.2, -0.15) is 5.26 Å². The fraction of sp³-hybridized carbons (Fsp3) is 0.400. The van der Waals surface area contributed by atoms with Crippen molar-refractivity contribution in [1.29, 1.82) is 5.26 Å². The highest BCUT2D eigenvalue weighted by molar-refractivity contribution is 6.00. The lowest BCUT2D eigenvalue weighted by Crippen LogP contribution is -2.46. The highest BCUT2D eigenvalue weighted by atomic mass is 16.5. The Bertz CT molecular complexity index is 774. The summed E-state index contributed by atoms with van der Waals surface area (Å²) in [5.74, 6) is -1.06. The fourth-order valence-electron chi connectivity index (χ4n) is 2.84. The van der Waals surface area contributed by atoms with Crippen molar-refractivity contribution in [3.63, 3.8) is 0 Å². The molecule has 0 unspecified atom stereocenters. The zero-order chi connectivity index (χ0) is 20.4. The topological polar surface area (TPSA) is 118 Å². The van der Waals surface area contributed by atoms with E-state index in [0.29, 0.717) is 11.3 Å². The molecule has 1 saturated carbocycles. The van der Waals surface area contributed by atoms with Crippen molar-refractivity contribution in [3.8, 4) is 11.8 Å². The second kappa shape index (κ2) is 10.7. The predicted molar refractivity (Wildman–Crippen MR) is 101 cm³/mol. The van der Waals surface area contributed by atoms with Gasteiger partial charge in [0.1, 0.15) is 17.4 Å². The normalized spacial score (nSPS) is 14.5. The molecule has 0 aliphatic heterocycles. The van der Waals surface area contributed by atoms with Crippen LogP contribution in [-0.2, 0) is 14.3 Å².